The number of nitro groups is 1. The van der Waals surface area contributed by atoms with Crippen molar-refractivity contribution in [3.8, 4) is 5.69 Å². The first kappa shape index (κ1) is 29.1. The predicted octanol–water partition coefficient (Wildman–Crippen LogP) is 7.42. The number of hydrogen-bond donors (Lipinski definition) is 2. The van der Waals surface area contributed by atoms with Gasteiger partial charge in [0, 0.05) is 50.9 Å². The Kier molecular flexibility index (Phi) is 7.90. The van der Waals surface area contributed by atoms with Crippen molar-refractivity contribution in [1.29, 1.82) is 0 Å². The van der Waals surface area contributed by atoms with E-state index in [1.54, 1.807) is 30.5 Å². The van der Waals surface area contributed by atoms with Crippen LogP contribution in [0.1, 0.15) is 45.1 Å². The van der Waals surface area contributed by atoms with E-state index in [0.717, 1.165) is 43.8 Å². The third-order valence-corrected chi connectivity index (χ3v) is 8.99. The van der Waals surface area contributed by atoms with E-state index in [1.165, 1.54) is 23.9 Å². The molecule has 2 aromatic heterocycles. The summed E-state index contributed by atoms with van der Waals surface area (Å²) in [4.78, 5) is 30.7. The lowest BCUT2D eigenvalue weighted by molar-refractivity contribution is -0.384. The minimum Gasteiger partial charge on any atom is -0.478 e. The number of carboxylic acids is 1. The molecule has 6 rings (SSSR count). The number of nitro benzene ring substituents is 1. The quantitative estimate of drug-likeness (QED) is 0.104. The van der Waals surface area contributed by atoms with Crippen molar-refractivity contribution >= 4 is 46.4 Å². The fourth-order valence-electron chi connectivity index (χ4n) is 5.63. The van der Waals surface area contributed by atoms with Gasteiger partial charge in [-0.2, -0.15) is 0 Å². The van der Waals surface area contributed by atoms with Gasteiger partial charge in [-0.05, 0) is 110 Å². The van der Waals surface area contributed by atoms with Crippen molar-refractivity contribution in [1.82, 2.24) is 14.9 Å². The molecule has 44 heavy (non-hydrogen) atoms. The standard InChI is InChI=1S/C33H27N5O4S2/c1-20-19-28(21(2)36(20)23-8-6-22(7-9-23)32(39)40)31-30(29-5-3-4-18-34-29)35-33(43)37(31)24-10-14-26(15-11-24)44-27-16-12-25(13-17-27)38(41)42/h3-19,30-31H,1-2H3,(H,35,43)(H,39,40). The number of carboxylic acid groups (broad SMARTS) is 1. The zero-order chi connectivity index (χ0) is 31.0. The summed E-state index contributed by atoms with van der Waals surface area (Å²) in [6, 6.07) is 29.0. The smallest absolute Gasteiger partial charge is 0.335 e. The van der Waals surface area contributed by atoms with Gasteiger partial charge in [-0.1, -0.05) is 17.8 Å². The van der Waals surface area contributed by atoms with E-state index in [4.69, 9.17) is 12.2 Å². The Labute approximate surface area is 263 Å². The molecule has 0 saturated carbocycles. The van der Waals surface area contributed by atoms with Crippen LogP contribution in [0.15, 0.2) is 113 Å². The highest BCUT2D eigenvalue weighted by molar-refractivity contribution is 7.99. The van der Waals surface area contributed by atoms with Gasteiger partial charge in [0.25, 0.3) is 5.69 Å². The Morgan fingerprint density at radius 1 is 0.955 bits per heavy atom. The molecule has 11 heteroatoms. The second-order valence-corrected chi connectivity index (χ2v) is 11.9. The molecule has 2 atom stereocenters. The minimum atomic E-state index is -0.963. The molecule has 0 spiro atoms. The summed E-state index contributed by atoms with van der Waals surface area (Å²) in [6.07, 6.45) is 1.78. The lowest BCUT2D eigenvalue weighted by atomic mass is 9.96. The molecule has 1 aliphatic heterocycles. The van der Waals surface area contributed by atoms with Gasteiger partial charge in [-0.3, -0.25) is 15.1 Å². The number of anilines is 1. The second-order valence-electron chi connectivity index (χ2n) is 10.4. The van der Waals surface area contributed by atoms with E-state index >= 15 is 0 Å². The lowest BCUT2D eigenvalue weighted by Gasteiger charge is -2.28. The summed E-state index contributed by atoms with van der Waals surface area (Å²) in [5.41, 5.74) is 6.03. The molecule has 5 aromatic rings. The van der Waals surface area contributed by atoms with Crippen LogP contribution < -0.4 is 10.2 Å². The Morgan fingerprint density at radius 2 is 1.59 bits per heavy atom. The van der Waals surface area contributed by atoms with Crippen molar-refractivity contribution in [3.05, 3.63) is 142 Å². The van der Waals surface area contributed by atoms with Crippen LogP contribution in [-0.4, -0.2) is 30.7 Å². The molecule has 0 bridgehead atoms. The van der Waals surface area contributed by atoms with Crippen molar-refractivity contribution in [3.63, 3.8) is 0 Å². The Bertz CT molecular complexity index is 1860. The first-order valence-electron chi connectivity index (χ1n) is 13.8. The third-order valence-electron chi connectivity index (χ3n) is 7.66. The van der Waals surface area contributed by atoms with E-state index in [9.17, 15) is 20.0 Å². The second kappa shape index (κ2) is 11.9. The average molecular weight is 622 g/mol. The summed E-state index contributed by atoms with van der Waals surface area (Å²) >= 11 is 7.45. The summed E-state index contributed by atoms with van der Waals surface area (Å²) in [6.45, 7) is 4.10. The van der Waals surface area contributed by atoms with Crippen LogP contribution >= 0.6 is 24.0 Å². The number of non-ortho nitro benzene ring substituents is 1. The van der Waals surface area contributed by atoms with E-state index in [1.807, 2.05) is 61.5 Å². The van der Waals surface area contributed by atoms with Gasteiger partial charge < -0.3 is 19.9 Å². The molecule has 0 amide bonds. The number of aromatic carboxylic acids is 1. The molecule has 3 aromatic carbocycles. The molecule has 1 saturated heterocycles. The molecule has 220 valence electrons. The third kappa shape index (κ3) is 5.54. The van der Waals surface area contributed by atoms with Gasteiger partial charge in [-0.15, -0.1) is 0 Å². The largest absolute Gasteiger partial charge is 0.478 e. The van der Waals surface area contributed by atoms with Crippen molar-refractivity contribution in [2.75, 3.05) is 4.90 Å². The zero-order valence-electron chi connectivity index (χ0n) is 23.7. The monoisotopic (exact) mass is 621 g/mol. The van der Waals surface area contributed by atoms with E-state index in [2.05, 4.69) is 32.8 Å². The first-order valence-corrected chi connectivity index (χ1v) is 15.0. The molecule has 9 nitrogen and oxygen atoms in total. The molecular formula is C33H27N5O4S2. The maximum Gasteiger partial charge on any atom is 0.335 e. The molecule has 0 aliphatic carbocycles. The number of benzene rings is 3. The van der Waals surface area contributed by atoms with Crippen molar-refractivity contribution < 1.29 is 14.8 Å². The van der Waals surface area contributed by atoms with Gasteiger partial charge in [-0.25, -0.2) is 4.79 Å². The molecule has 2 unspecified atom stereocenters. The number of carbonyl (C=O) groups is 1. The molecule has 2 N–H and O–H groups in total. The zero-order valence-corrected chi connectivity index (χ0v) is 25.4. The van der Waals surface area contributed by atoms with Gasteiger partial charge >= 0.3 is 5.97 Å². The van der Waals surface area contributed by atoms with Crippen molar-refractivity contribution in [2.45, 2.75) is 35.7 Å². The molecule has 3 heterocycles. The van der Waals surface area contributed by atoms with E-state index in [-0.39, 0.29) is 23.3 Å². The number of nitrogens with one attached hydrogen (secondary N) is 1. The highest BCUT2D eigenvalue weighted by Crippen LogP contribution is 2.44. The fourth-order valence-corrected chi connectivity index (χ4v) is 6.80. The summed E-state index contributed by atoms with van der Waals surface area (Å²) in [7, 11) is 0. The van der Waals surface area contributed by atoms with Gasteiger partial charge in [0.1, 0.15) is 0 Å². The number of rotatable bonds is 8. The number of aromatic nitrogens is 2. The van der Waals surface area contributed by atoms with Gasteiger partial charge in [0.15, 0.2) is 5.11 Å². The fraction of sp³-hybridized carbons (Fsp3) is 0.121. The van der Waals surface area contributed by atoms with Crippen LogP contribution in [0.4, 0.5) is 11.4 Å². The van der Waals surface area contributed by atoms with Crippen LogP contribution in [0.3, 0.4) is 0 Å². The molecule has 1 fully saturated rings. The number of aryl methyl sites for hydroxylation is 1. The Hall–Kier alpha value is -5.00. The van der Waals surface area contributed by atoms with E-state index in [0.29, 0.717) is 5.11 Å². The Balaban J connectivity index is 1.37. The number of pyridine rings is 1. The highest BCUT2D eigenvalue weighted by Gasteiger charge is 2.42. The van der Waals surface area contributed by atoms with Gasteiger partial charge in [0.05, 0.1) is 28.3 Å². The molecular weight excluding hydrogens is 595 g/mol. The van der Waals surface area contributed by atoms with Crippen LogP contribution in [-0.2, 0) is 0 Å². The molecule has 1 aliphatic rings. The van der Waals surface area contributed by atoms with E-state index < -0.39 is 10.9 Å². The SMILES string of the molecule is Cc1cc(C2C(c3ccccn3)NC(=S)N2c2ccc(Sc3ccc([N+](=O)[O-])cc3)cc2)c(C)n1-c1ccc(C(=O)O)cc1. The maximum atomic E-state index is 11.4. The maximum absolute atomic E-state index is 11.4. The van der Waals surface area contributed by atoms with Crippen LogP contribution in [0.25, 0.3) is 5.69 Å². The van der Waals surface area contributed by atoms with Crippen LogP contribution in [0, 0.1) is 24.0 Å². The topological polar surface area (TPSA) is 114 Å². The van der Waals surface area contributed by atoms with Crippen molar-refractivity contribution in [2.24, 2.45) is 0 Å². The normalized spacial score (nSPS) is 16.1. The Morgan fingerprint density at radius 3 is 2.18 bits per heavy atom. The minimum absolute atomic E-state index is 0.0601. The predicted molar refractivity (Wildman–Crippen MR) is 174 cm³/mol. The number of thiocarbonyl (C=S) groups is 1. The molecule has 0 radical (unpaired) electrons. The van der Waals surface area contributed by atoms with Crippen LogP contribution in [0.2, 0.25) is 0 Å². The van der Waals surface area contributed by atoms with Crippen LogP contribution in [0.5, 0.6) is 0 Å². The first-order chi connectivity index (χ1) is 21.2. The summed E-state index contributed by atoms with van der Waals surface area (Å²) < 4.78 is 2.12. The summed E-state index contributed by atoms with van der Waals surface area (Å²) in [5.74, 6) is -0.963. The lowest BCUT2D eigenvalue weighted by Crippen LogP contribution is -2.29. The number of hydrogen-bond acceptors (Lipinski definition) is 6. The highest BCUT2D eigenvalue weighted by atomic mass is 32.2. The van der Waals surface area contributed by atoms with Gasteiger partial charge in [0.2, 0.25) is 0 Å². The number of nitrogens with zero attached hydrogens (tertiary/aromatic N) is 4. The average Bonchev–Trinajstić information content (AvgIpc) is 3.52. The summed E-state index contributed by atoms with van der Waals surface area (Å²) in [5, 5.41) is 24.5.